The Morgan fingerprint density at radius 3 is 2.57 bits per heavy atom. The molecule has 2 unspecified atom stereocenters. The van der Waals surface area contributed by atoms with Crippen molar-refractivity contribution in [2.45, 2.75) is 26.0 Å². The molecule has 0 aromatic heterocycles. The highest BCUT2D eigenvalue weighted by molar-refractivity contribution is 9.10. The maximum Gasteiger partial charge on any atom is 0.137 e. The summed E-state index contributed by atoms with van der Waals surface area (Å²) in [5.41, 5.74) is 6.91. The van der Waals surface area contributed by atoms with Gasteiger partial charge in [-0.2, -0.15) is 0 Å². The van der Waals surface area contributed by atoms with Gasteiger partial charge in [0.1, 0.15) is 5.82 Å². The number of nitrogens with two attached hydrogens (primary N) is 1. The van der Waals surface area contributed by atoms with E-state index in [1.807, 2.05) is 6.92 Å². The summed E-state index contributed by atoms with van der Waals surface area (Å²) < 4.78 is 13.5. The van der Waals surface area contributed by atoms with Crippen LogP contribution in [0.3, 0.4) is 0 Å². The van der Waals surface area contributed by atoms with Crippen molar-refractivity contribution < 1.29 is 9.50 Å². The molecule has 2 atom stereocenters. The molecule has 0 aliphatic heterocycles. The van der Waals surface area contributed by atoms with Gasteiger partial charge in [-0.1, -0.05) is 6.07 Å². The van der Waals surface area contributed by atoms with E-state index in [0.29, 0.717) is 10.0 Å². The lowest BCUT2D eigenvalue weighted by atomic mass is 9.99. The Morgan fingerprint density at radius 1 is 1.50 bits per heavy atom. The van der Waals surface area contributed by atoms with Crippen LogP contribution in [0.1, 0.15) is 24.2 Å². The lowest BCUT2D eigenvalue weighted by molar-refractivity contribution is 0.151. The SMILES string of the molecule is Cc1ccc(F)c(Br)c1C(O)C(C)N. The molecule has 0 fully saturated rings. The molecule has 2 nitrogen and oxygen atoms in total. The molecule has 0 aliphatic carbocycles. The van der Waals surface area contributed by atoms with E-state index in [4.69, 9.17) is 5.73 Å². The molecular formula is C10H13BrFNO. The molecule has 1 rings (SSSR count). The van der Waals surface area contributed by atoms with E-state index in [2.05, 4.69) is 15.9 Å². The Balaban J connectivity index is 3.25. The fourth-order valence-electron chi connectivity index (χ4n) is 1.29. The van der Waals surface area contributed by atoms with Crippen molar-refractivity contribution in [3.05, 3.63) is 33.5 Å². The van der Waals surface area contributed by atoms with Crippen molar-refractivity contribution in [2.24, 2.45) is 5.73 Å². The van der Waals surface area contributed by atoms with Crippen molar-refractivity contribution in [2.75, 3.05) is 0 Å². The molecule has 4 heteroatoms. The lowest BCUT2D eigenvalue weighted by Crippen LogP contribution is -2.25. The van der Waals surface area contributed by atoms with Crippen LogP contribution in [0.15, 0.2) is 16.6 Å². The van der Waals surface area contributed by atoms with Crippen LogP contribution in [-0.2, 0) is 0 Å². The van der Waals surface area contributed by atoms with Gasteiger partial charge in [-0.3, -0.25) is 0 Å². The minimum Gasteiger partial charge on any atom is -0.387 e. The van der Waals surface area contributed by atoms with Gasteiger partial charge in [-0.05, 0) is 41.4 Å². The maximum atomic E-state index is 13.2. The molecule has 0 amide bonds. The largest absolute Gasteiger partial charge is 0.387 e. The number of hydrogen-bond acceptors (Lipinski definition) is 2. The second-order valence-corrected chi connectivity index (χ2v) is 4.19. The molecule has 78 valence electrons. The summed E-state index contributed by atoms with van der Waals surface area (Å²) in [6, 6.07) is 2.56. The van der Waals surface area contributed by atoms with E-state index in [1.165, 1.54) is 6.07 Å². The zero-order chi connectivity index (χ0) is 10.9. The minimum atomic E-state index is -0.847. The fourth-order valence-corrected chi connectivity index (χ4v) is 1.97. The van der Waals surface area contributed by atoms with Crippen LogP contribution in [0.5, 0.6) is 0 Å². The molecule has 0 saturated heterocycles. The fraction of sp³-hybridized carbons (Fsp3) is 0.400. The third-order valence-corrected chi connectivity index (χ3v) is 2.95. The number of aliphatic hydroxyl groups excluding tert-OH is 1. The number of halogens is 2. The summed E-state index contributed by atoms with van der Waals surface area (Å²) >= 11 is 3.11. The number of hydrogen-bond donors (Lipinski definition) is 2. The van der Waals surface area contributed by atoms with E-state index in [-0.39, 0.29) is 5.82 Å². The first kappa shape index (κ1) is 11.6. The third kappa shape index (κ3) is 2.13. The highest BCUT2D eigenvalue weighted by atomic mass is 79.9. The van der Waals surface area contributed by atoms with Crippen LogP contribution in [0, 0.1) is 12.7 Å². The average Bonchev–Trinajstić information content (AvgIpc) is 2.12. The number of rotatable bonds is 2. The van der Waals surface area contributed by atoms with E-state index in [1.54, 1.807) is 13.0 Å². The van der Waals surface area contributed by atoms with Gasteiger partial charge in [0, 0.05) is 11.6 Å². The molecule has 3 N–H and O–H groups in total. The zero-order valence-corrected chi connectivity index (χ0v) is 9.68. The molecule has 0 spiro atoms. The van der Waals surface area contributed by atoms with E-state index >= 15 is 0 Å². The predicted molar refractivity (Wildman–Crippen MR) is 57.4 cm³/mol. The van der Waals surface area contributed by atoms with Crippen LogP contribution >= 0.6 is 15.9 Å². The zero-order valence-electron chi connectivity index (χ0n) is 8.09. The number of aryl methyl sites for hydroxylation is 1. The van der Waals surface area contributed by atoms with Crippen molar-refractivity contribution >= 4 is 15.9 Å². The topological polar surface area (TPSA) is 46.2 Å². The first-order valence-electron chi connectivity index (χ1n) is 4.33. The van der Waals surface area contributed by atoms with Crippen LogP contribution in [-0.4, -0.2) is 11.1 Å². The highest BCUT2D eigenvalue weighted by Crippen LogP contribution is 2.30. The predicted octanol–water partition coefficient (Wildman–Crippen LogP) is 2.28. The standard InChI is InChI=1S/C10H13BrFNO/c1-5-3-4-7(12)9(11)8(5)10(14)6(2)13/h3-4,6,10,14H,13H2,1-2H3. The van der Waals surface area contributed by atoms with Gasteiger partial charge in [0.2, 0.25) is 0 Å². The monoisotopic (exact) mass is 261 g/mol. The molecule has 14 heavy (non-hydrogen) atoms. The van der Waals surface area contributed by atoms with Gasteiger partial charge in [0.25, 0.3) is 0 Å². The molecule has 0 bridgehead atoms. The summed E-state index contributed by atoms with van der Waals surface area (Å²) in [6.45, 7) is 3.49. The number of benzene rings is 1. The van der Waals surface area contributed by atoms with Gasteiger partial charge in [0.15, 0.2) is 0 Å². The van der Waals surface area contributed by atoms with E-state index in [9.17, 15) is 9.50 Å². The third-order valence-electron chi connectivity index (χ3n) is 2.14. The van der Waals surface area contributed by atoms with Crippen LogP contribution < -0.4 is 5.73 Å². The normalized spacial score (nSPS) is 15.3. The molecule has 1 aromatic rings. The second-order valence-electron chi connectivity index (χ2n) is 3.40. The Morgan fingerprint density at radius 2 is 2.07 bits per heavy atom. The molecule has 0 saturated carbocycles. The Labute approximate surface area is 91.1 Å². The van der Waals surface area contributed by atoms with Crippen LogP contribution in [0.4, 0.5) is 4.39 Å². The van der Waals surface area contributed by atoms with E-state index < -0.39 is 12.1 Å². The smallest absolute Gasteiger partial charge is 0.137 e. The summed E-state index contributed by atoms with van der Waals surface area (Å²) in [5.74, 6) is -0.384. The number of aliphatic hydroxyl groups is 1. The summed E-state index contributed by atoms with van der Waals surface area (Å²) in [4.78, 5) is 0. The molecule has 0 radical (unpaired) electrons. The first-order valence-corrected chi connectivity index (χ1v) is 5.12. The molecule has 0 aliphatic rings. The van der Waals surface area contributed by atoms with Gasteiger partial charge < -0.3 is 10.8 Å². The van der Waals surface area contributed by atoms with Crippen LogP contribution in [0.25, 0.3) is 0 Å². The Kier molecular flexibility index (Phi) is 3.64. The van der Waals surface area contributed by atoms with Gasteiger partial charge in [0.05, 0.1) is 10.6 Å². The van der Waals surface area contributed by atoms with Crippen molar-refractivity contribution in [3.8, 4) is 0 Å². The summed E-state index contributed by atoms with van der Waals surface area (Å²) in [5, 5.41) is 9.76. The summed E-state index contributed by atoms with van der Waals surface area (Å²) in [6.07, 6.45) is -0.847. The maximum absolute atomic E-state index is 13.2. The van der Waals surface area contributed by atoms with Gasteiger partial charge in [-0.25, -0.2) is 4.39 Å². The lowest BCUT2D eigenvalue weighted by Gasteiger charge is -2.19. The Hall–Kier alpha value is -0.450. The van der Waals surface area contributed by atoms with Crippen molar-refractivity contribution in [1.82, 2.24) is 0 Å². The molecular weight excluding hydrogens is 249 g/mol. The molecule has 1 aromatic carbocycles. The highest BCUT2D eigenvalue weighted by Gasteiger charge is 2.19. The quantitative estimate of drug-likeness (QED) is 0.858. The first-order chi connectivity index (χ1) is 6.45. The van der Waals surface area contributed by atoms with Gasteiger partial charge >= 0.3 is 0 Å². The second kappa shape index (κ2) is 4.38. The van der Waals surface area contributed by atoms with E-state index in [0.717, 1.165) is 5.56 Å². The van der Waals surface area contributed by atoms with Gasteiger partial charge in [-0.15, -0.1) is 0 Å². The minimum absolute atomic E-state index is 0.294. The van der Waals surface area contributed by atoms with Crippen molar-refractivity contribution in [1.29, 1.82) is 0 Å². The van der Waals surface area contributed by atoms with Crippen molar-refractivity contribution in [3.63, 3.8) is 0 Å². The average molecular weight is 262 g/mol. The Bertz CT molecular complexity index is 341. The molecule has 0 heterocycles. The van der Waals surface area contributed by atoms with Crippen LogP contribution in [0.2, 0.25) is 0 Å². The summed E-state index contributed by atoms with van der Waals surface area (Å²) in [7, 11) is 0.